The Morgan fingerprint density at radius 3 is 2.80 bits per heavy atom. The van der Waals surface area contributed by atoms with Gasteiger partial charge in [-0.15, -0.1) is 0 Å². The van der Waals surface area contributed by atoms with E-state index in [4.69, 9.17) is 4.74 Å². The van der Waals surface area contributed by atoms with Gasteiger partial charge in [0, 0.05) is 10.0 Å². The maximum atomic E-state index is 10.8. The van der Waals surface area contributed by atoms with Crippen molar-refractivity contribution in [3.8, 4) is 5.75 Å². The Hall–Kier alpha value is -1.36. The topological polar surface area (TPSA) is 52.6 Å². The molecule has 0 unspecified atom stereocenters. The van der Waals surface area contributed by atoms with Crippen molar-refractivity contribution in [2.24, 2.45) is 0 Å². The monoisotopic (exact) mass is 272 g/mol. The molecule has 0 spiro atoms. The van der Waals surface area contributed by atoms with Crippen LogP contribution in [0.5, 0.6) is 5.75 Å². The molecule has 1 aromatic carbocycles. The number of methoxy groups -OCH3 is 1. The van der Waals surface area contributed by atoms with E-state index in [2.05, 4.69) is 20.7 Å². The van der Waals surface area contributed by atoms with Gasteiger partial charge < -0.3 is 9.47 Å². The quantitative estimate of drug-likeness (QED) is 0.620. The highest BCUT2D eigenvalue weighted by Gasteiger charge is 2.03. The van der Waals surface area contributed by atoms with Crippen LogP contribution in [-0.4, -0.2) is 26.0 Å². The second kappa shape index (κ2) is 5.50. The molecule has 0 heterocycles. The SMILES string of the molecule is COC(=O)COc1cc(Br)cc(C=O)c1. The Morgan fingerprint density at radius 2 is 2.20 bits per heavy atom. The molecule has 5 heteroatoms. The number of hydrogen-bond acceptors (Lipinski definition) is 4. The first-order valence-electron chi connectivity index (χ1n) is 4.11. The summed E-state index contributed by atoms with van der Waals surface area (Å²) in [5.74, 6) is -0.0282. The van der Waals surface area contributed by atoms with Crippen LogP contribution in [-0.2, 0) is 9.53 Å². The average Bonchev–Trinajstić information content (AvgIpc) is 2.25. The van der Waals surface area contributed by atoms with E-state index in [1.807, 2.05) is 0 Å². The molecule has 0 aliphatic heterocycles. The smallest absolute Gasteiger partial charge is 0.343 e. The fourth-order valence-corrected chi connectivity index (χ4v) is 1.43. The molecule has 0 aliphatic rings. The number of carbonyl (C=O) groups is 2. The van der Waals surface area contributed by atoms with E-state index < -0.39 is 5.97 Å². The molecule has 1 aromatic rings. The van der Waals surface area contributed by atoms with Crippen LogP contribution in [0.4, 0.5) is 0 Å². The highest BCUT2D eigenvalue weighted by Crippen LogP contribution is 2.20. The van der Waals surface area contributed by atoms with Crippen molar-refractivity contribution in [1.82, 2.24) is 0 Å². The summed E-state index contributed by atoms with van der Waals surface area (Å²) < 4.78 is 10.2. The number of esters is 1. The maximum Gasteiger partial charge on any atom is 0.343 e. The lowest BCUT2D eigenvalue weighted by Crippen LogP contribution is -2.12. The Labute approximate surface area is 95.3 Å². The second-order valence-corrected chi connectivity index (χ2v) is 3.62. The van der Waals surface area contributed by atoms with Gasteiger partial charge in [0.2, 0.25) is 0 Å². The summed E-state index contributed by atoms with van der Waals surface area (Å²) in [6.45, 7) is -0.175. The van der Waals surface area contributed by atoms with Crippen LogP contribution in [0.1, 0.15) is 10.4 Å². The lowest BCUT2D eigenvalue weighted by molar-refractivity contribution is -0.142. The number of benzene rings is 1. The van der Waals surface area contributed by atoms with Crippen molar-refractivity contribution in [2.75, 3.05) is 13.7 Å². The molecule has 4 nitrogen and oxygen atoms in total. The molecule has 80 valence electrons. The lowest BCUT2D eigenvalue weighted by Gasteiger charge is -2.05. The maximum absolute atomic E-state index is 10.8. The zero-order valence-electron chi connectivity index (χ0n) is 8.03. The first kappa shape index (κ1) is 11.7. The summed E-state index contributed by atoms with van der Waals surface area (Å²) in [5, 5.41) is 0. The van der Waals surface area contributed by atoms with Gasteiger partial charge in [0.1, 0.15) is 12.0 Å². The molecule has 0 atom stereocenters. The van der Waals surface area contributed by atoms with Gasteiger partial charge in [0.25, 0.3) is 0 Å². The Kier molecular flexibility index (Phi) is 4.30. The lowest BCUT2D eigenvalue weighted by atomic mass is 10.2. The van der Waals surface area contributed by atoms with Gasteiger partial charge in [-0.1, -0.05) is 15.9 Å². The summed E-state index contributed by atoms with van der Waals surface area (Å²) in [6.07, 6.45) is 0.704. The van der Waals surface area contributed by atoms with Crippen molar-refractivity contribution in [3.63, 3.8) is 0 Å². The molecular formula is C10H9BrO4. The first-order chi connectivity index (χ1) is 7.15. The predicted octanol–water partition coefficient (Wildman–Crippen LogP) is 1.81. The molecular weight excluding hydrogens is 264 g/mol. The summed E-state index contributed by atoms with van der Waals surface area (Å²) in [4.78, 5) is 21.3. The minimum Gasteiger partial charge on any atom is -0.482 e. The largest absolute Gasteiger partial charge is 0.482 e. The highest BCUT2D eigenvalue weighted by molar-refractivity contribution is 9.10. The van der Waals surface area contributed by atoms with E-state index in [1.165, 1.54) is 7.11 Å². The number of aldehydes is 1. The van der Waals surface area contributed by atoms with Crippen molar-refractivity contribution < 1.29 is 19.1 Å². The van der Waals surface area contributed by atoms with Crippen molar-refractivity contribution in [1.29, 1.82) is 0 Å². The molecule has 0 aliphatic carbocycles. The predicted molar refractivity (Wildman–Crippen MR) is 57.0 cm³/mol. The fraction of sp³-hybridized carbons (Fsp3) is 0.200. The van der Waals surface area contributed by atoms with Gasteiger partial charge in [-0.05, 0) is 18.2 Å². The van der Waals surface area contributed by atoms with E-state index in [0.717, 1.165) is 0 Å². The molecule has 0 saturated heterocycles. The van der Waals surface area contributed by atoms with E-state index in [9.17, 15) is 9.59 Å². The molecule has 0 fully saturated rings. The van der Waals surface area contributed by atoms with Crippen LogP contribution in [0.2, 0.25) is 0 Å². The Balaban J connectivity index is 2.72. The summed E-state index contributed by atoms with van der Waals surface area (Å²) in [7, 11) is 1.28. The van der Waals surface area contributed by atoms with E-state index in [-0.39, 0.29) is 6.61 Å². The van der Waals surface area contributed by atoms with E-state index in [0.29, 0.717) is 22.1 Å². The van der Waals surface area contributed by atoms with Crippen molar-refractivity contribution >= 4 is 28.2 Å². The minimum absolute atomic E-state index is 0.175. The Morgan fingerprint density at radius 1 is 1.47 bits per heavy atom. The van der Waals surface area contributed by atoms with Gasteiger partial charge in [0.05, 0.1) is 7.11 Å². The molecule has 0 radical (unpaired) electrons. The van der Waals surface area contributed by atoms with Crippen LogP contribution >= 0.6 is 15.9 Å². The third kappa shape index (κ3) is 3.71. The number of hydrogen-bond donors (Lipinski definition) is 0. The number of carbonyl (C=O) groups excluding carboxylic acids is 2. The van der Waals surface area contributed by atoms with Crippen LogP contribution in [0.3, 0.4) is 0 Å². The highest BCUT2D eigenvalue weighted by atomic mass is 79.9. The summed E-state index contributed by atoms with van der Waals surface area (Å²) >= 11 is 3.22. The van der Waals surface area contributed by atoms with Gasteiger partial charge in [0.15, 0.2) is 6.61 Å². The fourth-order valence-electron chi connectivity index (χ4n) is 0.937. The Bertz CT molecular complexity index is 376. The van der Waals surface area contributed by atoms with E-state index in [1.54, 1.807) is 18.2 Å². The second-order valence-electron chi connectivity index (χ2n) is 2.70. The molecule has 0 bridgehead atoms. The minimum atomic E-state index is -0.470. The van der Waals surface area contributed by atoms with Crippen LogP contribution in [0.25, 0.3) is 0 Å². The molecule has 0 N–H and O–H groups in total. The van der Waals surface area contributed by atoms with Crippen LogP contribution < -0.4 is 4.74 Å². The zero-order valence-corrected chi connectivity index (χ0v) is 9.61. The number of ether oxygens (including phenoxy) is 2. The third-order valence-electron chi connectivity index (χ3n) is 1.61. The molecule has 0 aromatic heterocycles. The molecule has 15 heavy (non-hydrogen) atoms. The molecule has 0 amide bonds. The summed E-state index contributed by atoms with van der Waals surface area (Å²) in [5.41, 5.74) is 0.476. The van der Waals surface area contributed by atoms with Crippen molar-refractivity contribution in [3.05, 3.63) is 28.2 Å². The summed E-state index contributed by atoms with van der Waals surface area (Å²) in [6, 6.07) is 4.86. The van der Waals surface area contributed by atoms with Crippen LogP contribution in [0.15, 0.2) is 22.7 Å². The average molecular weight is 273 g/mol. The van der Waals surface area contributed by atoms with Crippen molar-refractivity contribution in [2.45, 2.75) is 0 Å². The third-order valence-corrected chi connectivity index (χ3v) is 2.07. The number of halogens is 1. The first-order valence-corrected chi connectivity index (χ1v) is 4.90. The molecule has 0 saturated carbocycles. The normalized spacial score (nSPS) is 9.47. The van der Waals surface area contributed by atoms with Gasteiger partial charge in [-0.3, -0.25) is 4.79 Å². The standard InChI is InChI=1S/C10H9BrO4/c1-14-10(13)6-15-9-3-7(5-12)2-8(11)4-9/h2-5H,6H2,1H3. The van der Waals surface area contributed by atoms with Gasteiger partial charge in [-0.2, -0.15) is 0 Å². The van der Waals surface area contributed by atoms with Crippen LogP contribution in [0, 0.1) is 0 Å². The molecule has 1 rings (SSSR count). The van der Waals surface area contributed by atoms with Gasteiger partial charge >= 0.3 is 5.97 Å². The zero-order chi connectivity index (χ0) is 11.3. The van der Waals surface area contributed by atoms with E-state index >= 15 is 0 Å². The van der Waals surface area contributed by atoms with Gasteiger partial charge in [-0.25, -0.2) is 4.79 Å². The number of rotatable bonds is 4.